The molecule has 3 unspecified atom stereocenters. The van der Waals surface area contributed by atoms with Gasteiger partial charge in [-0.15, -0.1) is 0 Å². The lowest BCUT2D eigenvalue weighted by Gasteiger charge is -2.60. The molecule has 4 bridgehead atoms. The van der Waals surface area contributed by atoms with Crippen molar-refractivity contribution in [2.75, 3.05) is 6.61 Å². The Labute approximate surface area is 232 Å². The zero-order valence-corrected chi connectivity index (χ0v) is 22.7. The third kappa shape index (κ3) is 4.63. The van der Waals surface area contributed by atoms with E-state index in [9.17, 15) is 9.59 Å². The second kappa shape index (κ2) is 9.74. The molecule has 0 amide bonds. The molecule has 5 fully saturated rings. The van der Waals surface area contributed by atoms with Crippen molar-refractivity contribution in [2.24, 2.45) is 17.3 Å². The van der Waals surface area contributed by atoms with Crippen LogP contribution in [-0.4, -0.2) is 30.3 Å². The molecule has 0 spiro atoms. The molecule has 1 saturated heterocycles. The van der Waals surface area contributed by atoms with Gasteiger partial charge in [-0.25, -0.2) is 4.79 Å². The number of esters is 2. The van der Waals surface area contributed by atoms with Crippen molar-refractivity contribution in [3.8, 4) is 5.75 Å². The Morgan fingerprint density at radius 3 is 1.95 bits per heavy atom. The van der Waals surface area contributed by atoms with Gasteiger partial charge in [-0.3, -0.25) is 4.79 Å². The summed E-state index contributed by atoms with van der Waals surface area (Å²) in [5.74, 6) is 1.13. The van der Waals surface area contributed by atoms with Crippen LogP contribution in [0.1, 0.15) is 44.9 Å². The van der Waals surface area contributed by atoms with Crippen LogP contribution in [0.5, 0.6) is 5.75 Å². The Kier molecular flexibility index (Phi) is 6.19. The third-order valence-corrected chi connectivity index (χ3v) is 11.2. The highest BCUT2D eigenvalue weighted by Crippen LogP contribution is 2.63. The molecule has 6 heteroatoms. The molecular formula is C33H33O5S+. The molecule has 5 aliphatic rings. The summed E-state index contributed by atoms with van der Waals surface area (Å²) in [5.41, 5.74) is -0.915. The van der Waals surface area contributed by atoms with Gasteiger partial charge in [-0.1, -0.05) is 36.4 Å². The Balaban J connectivity index is 1.13. The van der Waals surface area contributed by atoms with E-state index in [1.54, 1.807) is 0 Å². The first-order valence-corrected chi connectivity index (χ1v) is 15.2. The first-order valence-electron chi connectivity index (χ1n) is 14.0. The molecule has 1 aliphatic heterocycles. The summed E-state index contributed by atoms with van der Waals surface area (Å²) >= 11 is 0. The van der Waals surface area contributed by atoms with Gasteiger partial charge in [0.15, 0.2) is 14.7 Å². The summed E-state index contributed by atoms with van der Waals surface area (Å²) in [6, 6.07) is 29.8. The van der Waals surface area contributed by atoms with Gasteiger partial charge < -0.3 is 14.2 Å². The molecule has 1 heterocycles. The number of benzene rings is 3. The second-order valence-electron chi connectivity index (χ2n) is 11.8. The van der Waals surface area contributed by atoms with Crippen molar-refractivity contribution < 1.29 is 23.8 Å². The van der Waals surface area contributed by atoms with Gasteiger partial charge >= 0.3 is 11.9 Å². The first kappa shape index (κ1) is 24.8. The fourth-order valence-electron chi connectivity index (χ4n) is 7.79. The largest absolute Gasteiger partial charge is 0.487 e. The highest BCUT2D eigenvalue weighted by Gasteiger charge is 2.63. The van der Waals surface area contributed by atoms with Gasteiger partial charge in [0.1, 0.15) is 11.4 Å². The maximum Gasteiger partial charge on any atom is 0.347 e. The van der Waals surface area contributed by atoms with E-state index in [1.165, 1.54) is 14.7 Å². The molecule has 4 aliphatic carbocycles. The van der Waals surface area contributed by atoms with E-state index >= 15 is 0 Å². The number of carbonyl (C=O) groups excluding carboxylic acids is 2. The van der Waals surface area contributed by atoms with Crippen molar-refractivity contribution in [2.45, 2.75) is 71.3 Å². The summed E-state index contributed by atoms with van der Waals surface area (Å²) in [7, 11) is -0.208. The normalized spacial score (nSPS) is 30.8. The fourth-order valence-corrected chi connectivity index (χ4v) is 9.87. The SMILES string of the molecule is O=C1OCCC1OC(=O)C12CC3CC(CC(Oc4ccc([S+](c5ccccc5)c5ccccc5)cc4)(C3)C1)C2. The van der Waals surface area contributed by atoms with E-state index < -0.39 is 17.5 Å². The van der Waals surface area contributed by atoms with E-state index in [2.05, 4.69) is 84.9 Å². The average Bonchev–Trinajstić information content (AvgIpc) is 3.34. The van der Waals surface area contributed by atoms with E-state index in [1.807, 2.05) is 0 Å². The molecule has 0 aromatic heterocycles. The minimum atomic E-state index is -0.752. The highest BCUT2D eigenvalue weighted by atomic mass is 32.2. The minimum Gasteiger partial charge on any atom is -0.487 e. The van der Waals surface area contributed by atoms with Gasteiger partial charge in [0.2, 0.25) is 6.10 Å². The van der Waals surface area contributed by atoms with Gasteiger partial charge in [-0.2, -0.15) is 0 Å². The van der Waals surface area contributed by atoms with E-state index in [0.717, 1.165) is 37.9 Å². The zero-order valence-electron chi connectivity index (χ0n) is 21.9. The topological polar surface area (TPSA) is 61.8 Å². The molecule has 3 atom stereocenters. The van der Waals surface area contributed by atoms with Gasteiger partial charge in [-0.05, 0) is 92.5 Å². The quantitative estimate of drug-likeness (QED) is 0.257. The predicted molar refractivity (Wildman–Crippen MR) is 147 cm³/mol. The Morgan fingerprint density at radius 2 is 1.38 bits per heavy atom. The monoisotopic (exact) mass is 541 g/mol. The van der Waals surface area contributed by atoms with Crippen LogP contribution in [0.4, 0.5) is 0 Å². The van der Waals surface area contributed by atoms with Crippen LogP contribution in [0.15, 0.2) is 99.6 Å². The van der Waals surface area contributed by atoms with E-state index in [-0.39, 0.29) is 22.5 Å². The number of carbonyl (C=O) groups is 2. The van der Waals surface area contributed by atoms with Crippen LogP contribution >= 0.6 is 0 Å². The molecular weight excluding hydrogens is 508 g/mol. The average molecular weight is 542 g/mol. The fraction of sp³-hybridized carbons (Fsp3) is 0.394. The number of hydrogen-bond donors (Lipinski definition) is 0. The van der Waals surface area contributed by atoms with Crippen LogP contribution in [-0.2, 0) is 30.0 Å². The Hall–Kier alpha value is -3.25. The number of rotatable bonds is 7. The highest BCUT2D eigenvalue weighted by molar-refractivity contribution is 7.97. The molecule has 39 heavy (non-hydrogen) atoms. The zero-order chi connectivity index (χ0) is 26.5. The van der Waals surface area contributed by atoms with Crippen molar-refractivity contribution in [1.82, 2.24) is 0 Å². The number of cyclic esters (lactones) is 1. The summed E-state index contributed by atoms with van der Waals surface area (Å²) in [6.45, 7) is 0.327. The molecule has 0 radical (unpaired) electrons. The number of ether oxygens (including phenoxy) is 3. The van der Waals surface area contributed by atoms with E-state index in [0.29, 0.717) is 31.3 Å². The van der Waals surface area contributed by atoms with Crippen molar-refractivity contribution >= 4 is 22.8 Å². The maximum atomic E-state index is 13.5. The lowest BCUT2D eigenvalue weighted by Crippen LogP contribution is -2.61. The van der Waals surface area contributed by atoms with Crippen molar-refractivity contribution in [1.29, 1.82) is 0 Å². The summed E-state index contributed by atoms with van der Waals surface area (Å²) in [6.07, 6.45) is 5.15. The third-order valence-electron chi connectivity index (χ3n) is 8.93. The van der Waals surface area contributed by atoms with Crippen LogP contribution in [0.3, 0.4) is 0 Å². The Bertz CT molecular complexity index is 1300. The Morgan fingerprint density at radius 1 is 0.795 bits per heavy atom. The molecule has 4 saturated carbocycles. The van der Waals surface area contributed by atoms with Crippen LogP contribution in [0, 0.1) is 17.3 Å². The first-order chi connectivity index (χ1) is 19.0. The lowest BCUT2D eigenvalue weighted by molar-refractivity contribution is -0.196. The molecule has 200 valence electrons. The summed E-state index contributed by atoms with van der Waals surface area (Å²) in [5, 5.41) is 0. The van der Waals surface area contributed by atoms with Crippen molar-refractivity contribution in [3.05, 3.63) is 84.9 Å². The second-order valence-corrected chi connectivity index (χ2v) is 13.8. The molecule has 0 N–H and O–H groups in total. The summed E-state index contributed by atoms with van der Waals surface area (Å²) < 4.78 is 17.6. The maximum absolute atomic E-state index is 13.5. The lowest BCUT2D eigenvalue weighted by atomic mass is 9.48. The van der Waals surface area contributed by atoms with Gasteiger partial charge in [0.25, 0.3) is 0 Å². The molecule has 5 nitrogen and oxygen atoms in total. The molecule has 3 aromatic rings. The number of hydrogen-bond acceptors (Lipinski definition) is 5. The van der Waals surface area contributed by atoms with Gasteiger partial charge in [0, 0.05) is 12.8 Å². The van der Waals surface area contributed by atoms with E-state index in [4.69, 9.17) is 14.2 Å². The molecule has 3 aromatic carbocycles. The summed E-state index contributed by atoms with van der Waals surface area (Å²) in [4.78, 5) is 29.3. The smallest absolute Gasteiger partial charge is 0.347 e. The molecule has 8 rings (SSSR count). The van der Waals surface area contributed by atoms with Crippen LogP contribution in [0.2, 0.25) is 0 Å². The van der Waals surface area contributed by atoms with Gasteiger partial charge in [0.05, 0.1) is 22.9 Å². The van der Waals surface area contributed by atoms with Crippen LogP contribution in [0.25, 0.3) is 0 Å². The standard InChI is InChI=1S/C33H33O5S/c34-30-29(15-16-36-30)37-31(35)32-18-23-17-24(19-32)21-33(20-23,22-32)38-25-11-13-28(14-12-25)39(26-7-3-1-4-8-26)27-9-5-2-6-10-27/h1-14,23-24,29H,15-22H2/q+1. The predicted octanol–water partition coefficient (Wildman–Crippen LogP) is 6.36. The minimum absolute atomic E-state index is 0.208. The van der Waals surface area contributed by atoms with Crippen LogP contribution < -0.4 is 4.74 Å². The van der Waals surface area contributed by atoms with Crippen molar-refractivity contribution in [3.63, 3.8) is 0 Å².